The van der Waals surface area contributed by atoms with E-state index in [2.05, 4.69) is 9.05 Å². The van der Waals surface area contributed by atoms with E-state index in [0.29, 0.717) is 0 Å². The fourth-order valence-electron chi connectivity index (χ4n) is 4.10. The SMILES string of the molecule is NC(COP(=O)(O)OCC(COC(=O)CCCCCCCC(F)(F)C(F)(F)C(F)(F)F)OC(=O)CCCCCCCC(F)(F)C(F)(F)C(F)(F)F)C(=O)O. The smallest absolute Gasteiger partial charge is 0.472 e. The van der Waals surface area contributed by atoms with Crippen molar-refractivity contribution in [3.63, 3.8) is 0 Å². The number of rotatable bonds is 28. The van der Waals surface area contributed by atoms with Crippen LogP contribution >= 0.6 is 7.82 Å². The lowest BCUT2D eigenvalue weighted by Gasteiger charge is -2.28. The molecule has 54 heavy (non-hydrogen) atoms. The van der Waals surface area contributed by atoms with Crippen LogP contribution in [0.15, 0.2) is 0 Å². The molecule has 0 aromatic carbocycles. The molecule has 4 N–H and O–H groups in total. The summed E-state index contributed by atoms with van der Waals surface area (Å²) in [5.74, 6) is -26.8. The third kappa shape index (κ3) is 18.0. The highest BCUT2D eigenvalue weighted by atomic mass is 31.2. The number of esters is 2. The van der Waals surface area contributed by atoms with Gasteiger partial charge >= 0.3 is 61.8 Å². The molecule has 0 aliphatic heterocycles. The van der Waals surface area contributed by atoms with Crippen LogP contribution in [0.3, 0.4) is 0 Å². The average molecular weight is 848 g/mol. The minimum absolute atomic E-state index is 0.0147. The molecule has 0 spiro atoms. The maximum Gasteiger partial charge on any atom is 0.472 e. The van der Waals surface area contributed by atoms with Gasteiger partial charge in [0.1, 0.15) is 12.6 Å². The number of nitrogens with two attached hydrogens (primary N) is 1. The fraction of sp³-hybridized carbons (Fsp3) is 0.893. The lowest BCUT2D eigenvalue weighted by molar-refractivity contribution is -0.356. The van der Waals surface area contributed by atoms with E-state index >= 15 is 0 Å². The lowest BCUT2D eigenvalue weighted by atomic mass is 10.0. The highest BCUT2D eigenvalue weighted by Gasteiger charge is 2.73. The van der Waals surface area contributed by atoms with Crippen molar-refractivity contribution in [1.82, 2.24) is 0 Å². The molecule has 0 aliphatic rings. The van der Waals surface area contributed by atoms with Crippen molar-refractivity contribution in [3.05, 3.63) is 0 Å². The topological polar surface area (TPSA) is 172 Å². The summed E-state index contributed by atoms with van der Waals surface area (Å²) < 4.78 is 209. The fourth-order valence-corrected chi connectivity index (χ4v) is 4.88. The normalized spacial score (nSPS) is 15.7. The van der Waals surface area contributed by atoms with Gasteiger partial charge in [0, 0.05) is 25.7 Å². The predicted molar refractivity (Wildman–Crippen MR) is 155 cm³/mol. The van der Waals surface area contributed by atoms with E-state index in [-0.39, 0.29) is 57.8 Å². The van der Waals surface area contributed by atoms with E-state index in [1.807, 2.05) is 0 Å². The van der Waals surface area contributed by atoms with Gasteiger partial charge in [0.25, 0.3) is 0 Å². The van der Waals surface area contributed by atoms with E-state index < -0.39 is 126 Å². The zero-order chi connectivity index (χ0) is 42.2. The van der Waals surface area contributed by atoms with Crippen LogP contribution in [0, 0.1) is 0 Å². The van der Waals surface area contributed by atoms with Crippen LogP contribution in [0.2, 0.25) is 0 Å². The Labute approximate surface area is 298 Å². The van der Waals surface area contributed by atoms with E-state index in [9.17, 15) is 85.3 Å². The molecule has 11 nitrogen and oxygen atoms in total. The molecule has 0 aromatic rings. The minimum atomic E-state index is -6.46. The van der Waals surface area contributed by atoms with Crippen molar-refractivity contribution < 1.29 is 109 Å². The Balaban J connectivity index is 4.89. The number of carbonyl (C=O) groups is 3. The Morgan fingerprint density at radius 2 is 0.944 bits per heavy atom. The molecule has 0 saturated heterocycles. The summed E-state index contributed by atoms with van der Waals surface area (Å²) in [6, 6.07) is -1.75. The predicted octanol–water partition coefficient (Wildman–Crippen LogP) is 8.11. The van der Waals surface area contributed by atoms with Gasteiger partial charge in [0.2, 0.25) is 0 Å². The van der Waals surface area contributed by atoms with E-state index in [1.165, 1.54) is 0 Å². The molecule has 0 aromatic heterocycles. The molecule has 26 heteroatoms. The van der Waals surface area contributed by atoms with Gasteiger partial charge in [-0.25, -0.2) is 4.57 Å². The lowest BCUT2D eigenvalue weighted by Crippen LogP contribution is -2.51. The maximum atomic E-state index is 13.4. The second-order valence-electron chi connectivity index (χ2n) is 11.9. The largest absolute Gasteiger partial charge is 0.480 e. The van der Waals surface area contributed by atoms with Crippen LogP contribution in [0.5, 0.6) is 0 Å². The summed E-state index contributed by atoms with van der Waals surface area (Å²) in [5, 5.41) is 8.73. The first kappa shape index (κ1) is 51.5. The summed E-state index contributed by atoms with van der Waals surface area (Å²) in [4.78, 5) is 44.9. The van der Waals surface area contributed by atoms with Gasteiger partial charge in [-0.3, -0.25) is 23.4 Å². The number of carbonyl (C=O) groups excluding carboxylic acids is 2. The number of hydrogen-bond acceptors (Lipinski definition) is 9. The average Bonchev–Trinajstić information content (AvgIpc) is 3.02. The van der Waals surface area contributed by atoms with Crippen molar-refractivity contribution >= 4 is 25.7 Å². The number of unbranched alkanes of at least 4 members (excludes halogenated alkanes) is 8. The van der Waals surface area contributed by atoms with Gasteiger partial charge < -0.3 is 25.2 Å². The quantitative estimate of drug-likeness (QED) is 0.0301. The standard InChI is InChI=1S/C28H40F14NO10P/c29-23(30,25(33,34)27(37,38)39)13-9-5-1-3-7-11-20(44)50-15-18(16-51-54(48,49)52-17-19(43)22(46)47)53-21(45)12-8-4-2-6-10-14-24(31,32)26(35,36)28(40,41)42/h18-19H,1-17,43H2,(H,46,47)(H,48,49). The Morgan fingerprint density at radius 3 is 1.35 bits per heavy atom. The van der Waals surface area contributed by atoms with Gasteiger partial charge in [-0.05, 0) is 25.7 Å². The number of ether oxygens (including phenoxy) is 2. The summed E-state index contributed by atoms with van der Waals surface area (Å²) in [6.07, 6.45) is -20.4. The Morgan fingerprint density at radius 1 is 0.574 bits per heavy atom. The Hall–Kier alpha value is -2.50. The molecule has 0 radical (unpaired) electrons. The van der Waals surface area contributed by atoms with E-state index in [1.54, 1.807) is 0 Å². The zero-order valence-corrected chi connectivity index (χ0v) is 29.0. The third-order valence-electron chi connectivity index (χ3n) is 7.26. The van der Waals surface area contributed by atoms with Gasteiger partial charge in [0.05, 0.1) is 13.2 Å². The van der Waals surface area contributed by atoms with E-state index in [0.717, 1.165) is 0 Å². The van der Waals surface area contributed by atoms with Crippen LogP contribution in [-0.4, -0.2) is 95.9 Å². The van der Waals surface area contributed by atoms with Crippen LogP contribution in [-0.2, 0) is 37.5 Å². The minimum Gasteiger partial charge on any atom is -0.480 e. The summed E-state index contributed by atoms with van der Waals surface area (Å²) in [5.41, 5.74) is 5.15. The van der Waals surface area contributed by atoms with Crippen molar-refractivity contribution in [2.45, 2.75) is 138 Å². The highest BCUT2D eigenvalue weighted by molar-refractivity contribution is 7.47. The van der Waals surface area contributed by atoms with Crippen LogP contribution < -0.4 is 5.73 Å². The molecule has 0 amide bonds. The van der Waals surface area contributed by atoms with Crippen molar-refractivity contribution in [1.29, 1.82) is 0 Å². The Bertz CT molecular complexity index is 1220. The van der Waals surface area contributed by atoms with Gasteiger partial charge in [-0.1, -0.05) is 38.5 Å². The van der Waals surface area contributed by atoms with E-state index in [4.69, 9.17) is 20.3 Å². The van der Waals surface area contributed by atoms with Crippen LogP contribution in [0.4, 0.5) is 61.5 Å². The monoisotopic (exact) mass is 847 g/mol. The molecule has 3 atom stereocenters. The van der Waals surface area contributed by atoms with Gasteiger partial charge in [0.15, 0.2) is 6.10 Å². The second kappa shape index (κ2) is 21.7. The molecule has 0 bridgehead atoms. The first-order valence-electron chi connectivity index (χ1n) is 16.0. The maximum absolute atomic E-state index is 13.4. The van der Waals surface area contributed by atoms with Crippen molar-refractivity contribution in [2.24, 2.45) is 5.73 Å². The molecule has 0 fully saturated rings. The number of phosphoric ester groups is 1. The number of aliphatic carboxylic acids is 1. The number of carboxylic acid groups (broad SMARTS) is 1. The number of phosphoric acid groups is 1. The molecule has 0 heterocycles. The zero-order valence-electron chi connectivity index (χ0n) is 28.2. The molecule has 0 rings (SSSR count). The number of halogens is 14. The van der Waals surface area contributed by atoms with Crippen molar-refractivity contribution in [2.75, 3.05) is 19.8 Å². The number of hydrogen-bond donors (Lipinski definition) is 3. The van der Waals surface area contributed by atoms with Gasteiger partial charge in [-0.2, -0.15) is 61.5 Å². The van der Waals surface area contributed by atoms with Crippen LogP contribution in [0.25, 0.3) is 0 Å². The van der Waals surface area contributed by atoms with Crippen LogP contribution in [0.1, 0.15) is 89.9 Å². The summed E-state index contributed by atoms with van der Waals surface area (Å²) in [7, 11) is -5.04. The first-order valence-corrected chi connectivity index (χ1v) is 17.5. The number of carboxylic acids is 1. The first-order chi connectivity index (χ1) is 24.4. The number of alkyl halides is 14. The molecule has 0 saturated carbocycles. The molecular weight excluding hydrogens is 807 g/mol. The molecule has 3 unspecified atom stereocenters. The Kier molecular flexibility index (Phi) is 20.7. The molecule has 0 aliphatic carbocycles. The molecule has 320 valence electrons. The highest BCUT2D eigenvalue weighted by Crippen LogP contribution is 2.50. The second-order valence-corrected chi connectivity index (χ2v) is 13.3. The third-order valence-corrected chi connectivity index (χ3v) is 8.21. The summed E-state index contributed by atoms with van der Waals surface area (Å²) >= 11 is 0. The molecular formula is C28H40F14NO10P. The summed E-state index contributed by atoms with van der Waals surface area (Å²) in [6.45, 7) is -2.82. The van der Waals surface area contributed by atoms with Crippen molar-refractivity contribution in [3.8, 4) is 0 Å². The van der Waals surface area contributed by atoms with Gasteiger partial charge in [-0.15, -0.1) is 0 Å².